The Bertz CT molecular complexity index is 902. The molecule has 2 heterocycles. The van der Waals surface area contributed by atoms with E-state index < -0.39 is 11.2 Å². The minimum atomic E-state index is -0.481. The Balaban J connectivity index is 1.49. The van der Waals surface area contributed by atoms with E-state index in [4.69, 9.17) is 0 Å². The van der Waals surface area contributed by atoms with E-state index in [9.17, 15) is 14.4 Å². The second-order valence-corrected chi connectivity index (χ2v) is 7.26. The number of H-pyrrole nitrogens is 1. The summed E-state index contributed by atoms with van der Waals surface area (Å²) in [4.78, 5) is 40.9. The molecule has 1 saturated heterocycles. The second-order valence-electron chi connectivity index (χ2n) is 7.26. The van der Waals surface area contributed by atoms with Crippen LogP contribution in [0, 0.1) is 0 Å². The highest BCUT2D eigenvalue weighted by molar-refractivity contribution is 5.78. The SMILES string of the molecule is CC1CCCCN1CCCNC(=O)CCn1c(=O)[nH]c(=O)c2ccccc21. The van der Waals surface area contributed by atoms with Crippen LogP contribution >= 0.6 is 0 Å². The van der Waals surface area contributed by atoms with Crippen LogP contribution in [0.2, 0.25) is 0 Å². The molecule has 1 atom stereocenters. The number of aromatic amines is 1. The number of amides is 1. The van der Waals surface area contributed by atoms with Crippen LogP contribution in [0.25, 0.3) is 10.9 Å². The standard InChI is InChI=1S/C20H28N4O3/c1-15-7-4-5-12-23(15)13-6-11-21-18(25)10-14-24-17-9-3-2-8-16(17)19(26)22-20(24)27/h2-3,8-9,15H,4-7,10-14H2,1H3,(H,21,25)(H,22,26,27). The number of carbonyl (C=O) groups is 1. The van der Waals surface area contributed by atoms with Crippen molar-refractivity contribution in [1.82, 2.24) is 19.8 Å². The highest BCUT2D eigenvalue weighted by Gasteiger charge is 2.17. The van der Waals surface area contributed by atoms with Gasteiger partial charge in [-0.25, -0.2) is 4.79 Å². The fraction of sp³-hybridized carbons (Fsp3) is 0.550. The molecule has 0 saturated carbocycles. The number of piperidine rings is 1. The lowest BCUT2D eigenvalue weighted by molar-refractivity contribution is -0.121. The summed E-state index contributed by atoms with van der Waals surface area (Å²) < 4.78 is 1.45. The van der Waals surface area contributed by atoms with Gasteiger partial charge in [0, 0.05) is 32.1 Å². The first-order chi connectivity index (χ1) is 13.1. The highest BCUT2D eigenvalue weighted by atomic mass is 16.2. The normalized spacial score (nSPS) is 17.9. The van der Waals surface area contributed by atoms with Gasteiger partial charge in [-0.3, -0.25) is 19.1 Å². The van der Waals surface area contributed by atoms with Crippen molar-refractivity contribution in [2.45, 2.75) is 51.6 Å². The molecule has 0 spiro atoms. The summed E-state index contributed by atoms with van der Waals surface area (Å²) in [5.74, 6) is -0.0797. The van der Waals surface area contributed by atoms with Crippen molar-refractivity contribution in [1.29, 1.82) is 0 Å². The first-order valence-electron chi connectivity index (χ1n) is 9.79. The Morgan fingerprint density at radius 3 is 2.85 bits per heavy atom. The molecule has 7 nitrogen and oxygen atoms in total. The predicted molar refractivity (Wildman–Crippen MR) is 106 cm³/mol. The van der Waals surface area contributed by atoms with Crippen LogP contribution in [0.5, 0.6) is 0 Å². The maximum absolute atomic E-state index is 12.1. The number of fused-ring (bicyclic) bond motifs is 1. The molecule has 27 heavy (non-hydrogen) atoms. The summed E-state index contributed by atoms with van der Waals surface area (Å²) in [5, 5.41) is 3.39. The predicted octanol–water partition coefficient (Wildman–Crippen LogP) is 1.46. The molecule has 2 aromatic rings. The maximum Gasteiger partial charge on any atom is 0.328 e. The van der Waals surface area contributed by atoms with Gasteiger partial charge in [-0.2, -0.15) is 0 Å². The zero-order valence-corrected chi connectivity index (χ0v) is 15.9. The van der Waals surface area contributed by atoms with Crippen molar-refractivity contribution in [3.63, 3.8) is 0 Å². The number of likely N-dealkylation sites (tertiary alicyclic amines) is 1. The third-order valence-electron chi connectivity index (χ3n) is 5.35. The van der Waals surface area contributed by atoms with E-state index in [2.05, 4.69) is 22.1 Å². The second kappa shape index (κ2) is 8.99. The van der Waals surface area contributed by atoms with Gasteiger partial charge in [0.15, 0.2) is 0 Å². The Hall–Kier alpha value is -2.41. The highest BCUT2D eigenvalue weighted by Crippen LogP contribution is 2.16. The first kappa shape index (κ1) is 19.4. The number of nitrogens with zero attached hydrogens (tertiary/aromatic N) is 2. The van der Waals surface area contributed by atoms with Gasteiger partial charge in [0.25, 0.3) is 5.56 Å². The summed E-state index contributed by atoms with van der Waals surface area (Å²) >= 11 is 0. The molecule has 7 heteroatoms. The van der Waals surface area contributed by atoms with Gasteiger partial charge in [0.05, 0.1) is 10.9 Å². The Morgan fingerprint density at radius 1 is 1.22 bits per heavy atom. The summed E-state index contributed by atoms with van der Waals surface area (Å²) in [6.07, 6.45) is 4.97. The third kappa shape index (κ3) is 4.86. The number of hydrogen-bond donors (Lipinski definition) is 2. The lowest BCUT2D eigenvalue weighted by atomic mass is 10.0. The number of benzene rings is 1. The van der Waals surface area contributed by atoms with E-state index in [-0.39, 0.29) is 18.9 Å². The van der Waals surface area contributed by atoms with Gasteiger partial charge in [-0.1, -0.05) is 18.6 Å². The Kier molecular flexibility index (Phi) is 6.45. The fourth-order valence-electron chi connectivity index (χ4n) is 3.77. The van der Waals surface area contributed by atoms with E-state index >= 15 is 0 Å². The van der Waals surface area contributed by atoms with Crippen molar-refractivity contribution in [2.24, 2.45) is 0 Å². The average Bonchev–Trinajstić information content (AvgIpc) is 2.66. The minimum Gasteiger partial charge on any atom is -0.356 e. The zero-order chi connectivity index (χ0) is 19.2. The van der Waals surface area contributed by atoms with Crippen LogP contribution in [-0.4, -0.2) is 46.0 Å². The van der Waals surface area contributed by atoms with E-state index in [1.807, 2.05) is 0 Å². The van der Waals surface area contributed by atoms with Crippen LogP contribution in [0.4, 0.5) is 0 Å². The molecule has 146 valence electrons. The van der Waals surface area contributed by atoms with Crippen molar-refractivity contribution in [2.75, 3.05) is 19.6 Å². The largest absolute Gasteiger partial charge is 0.356 e. The van der Waals surface area contributed by atoms with E-state index in [1.54, 1.807) is 24.3 Å². The van der Waals surface area contributed by atoms with E-state index in [0.29, 0.717) is 23.5 Å². The summed E-state index contributed by atoms with van der Waals surface area (Å²) in [6.45, 7) is 5.31. The number of aromatic nitrogens is 2. The van der Waals surface area contributed by atoms with Crippen molar-refractivity contribution >= 4 is 16.8 Å². The molecule has 0 radical (unpaired) electrons. The fourth-order valence-corrected chi connectivity index (χ4v) is 3.77. The molecule has 1 amide bonds. The molecule has 1 aliphatic rings. The van der Waals surface area contributed by atoms with Crippen molar-refractivity contribution in [3.05, 3.63) is 45.1 Å². The van der Waals surface area contributed by atoms with Crippen LogP contribution in [0.3, 0.4) is 0 Å². The van der Waals surface area contributed by atoms with Gasteiger partial charge < -0.3 is 10.2 Å². The lowest BCUT2D eigenvalue weighted by Gasteiger charge is -2.33. The molecule has 1 fully saturated rings. The molecule has 1 unspecified atom stereocenters. The van der Waals surface area contributed by atoms with Crippen LogP contribution < -0.4 is 16.6 Å². The zero-order valence-electron chi connectivity index (χ0n) is 15.9. The third-order valence-corrected chi connectivity index (χ3v) is 5.35. The summed E-state index contributed by atoms with van der Waals surface area (Å²) in [7, 11) is 0. The van der Waals surface area contributed by atoms with Crippen molar-refractivity contribution < 1.29 is 4.79 Å². The molecule has 1 aliphatic heterocycles. The number of hydrogen-bond acceptors (Lipinski definition) is 4. The first-order valence-corrected chi connectivity index (χ1v) is 9.79. The molecule has 0 bridgehead atoms. The molecular weight excluding hydrogens is 344 g/mol. The van der Waals surface area contributed by atoms with Gasteiger partial charge in [0.2, 0.25) is 5.91 Å². The number of aryl methyl sites for hydroxylation is 1. The summed E-state index contributed by atoms with van der Waals surface area (Å²) in [5.41, 5.74) is -0.327. The van der Waals surface area contributed by atoms with E-state index in [0.717, 1.165) is 19.5 Å². The smallest absolute Gasteiger partial charge is 0.328 e. The molecular formula is C20H28N4O3. The van der Waals surface area contributed by atoms with Crippen LogP contribution in [0.15, 0.2) is 33.9 Å². The van der Waals surface area contributed by atoms with E-state index in [1.165, 1.54) is 23.8 Å². The number of nitrogens with one attached hydrogen (secondary N) is 2. The average molecular weight is 372 g/mol. The quantitative estimate of drug-likeness (QED) is 0.721. The van der Waals surface area contributed by atoms with Gasteiger partial charge in [-0.05, 0) is 44.9 Å². The monoisotopic (exact) mass is 372 g/mol. The Morgan fingerprint density at radius 2 is 2.04 bits per heavy atom. The minimum absolute atomic E-state index is 0.0797. The molecule has 2 N–H and O–H groups in total. The van der Waals surface area contributed by atoms with Gasteiger partial charge in [-0.15, -0.1) is 0 Å². The number of rotatable bonds is 7. The maximum atomic E-state index is 12.1. The topological polar surface area (TPSA) is 87.2 Å². The molecule has 0 aliphatic carbocycles. The van der Waals surface area contributed by atoms with Gasteiger partial charge >= 0.3 is 5.69 Å². The molecule has 1 aromatic heterocycles. The lowest BCUT2D eigenvalue weighted by Crippen LogP contribution is -2.39. The number of carbonyl (C=O) groups excluding carboxylic acids is 1. The molecule has 1 aromatic carbocycles. The summed E-state index contributed by atoms with van der Waals surface area (Å²) in [6, 6.07) is 7.56. The van der Waals surface area contributed by atoms with Crippen LogP contribution in [0.1, 0.15) is 39.0 Å². The van der Waals surface area contributed by atoms with Crippen molar-refractivity contribution in [3.8, 4) is 0 Å². The van der Waals surface area contributed by atoms with Crippen LogP contribution in [-0.2, 0) is 11.3 Å². The number of para-hydroxylation sites is 1. The molecule has 3 rings (SSSR count). The Labute approximate surface area is 158 Å². The van der Waals surface area contributed by atoms with Gasteiger partial charge in [0.1, 0.15) is 0 Å².